The standard InChI is InChI=1S/C26H26BrN3O2/c1-19-11-13-22(14-12-19)32-17-16-30-24-9-3-2-8-23(24)29-25(30)10-5-15-28-26(31)20-6-4-7-21(27)18-20/h2-4,6-9,11-14,18H,5,10,15-17H2,1H3,(H,28,31). The Morgan fingerprint density at radius 1 is 1.06 bits per heavy atom. The smallest absolute Gasteiger partial charge is 0.251 e. The van der Waals surface area contributed by atoms with Gasteiger partial charge in [-0.05, 0) is 55.8 Å². The fraction of sp³-hybridized carbons (Fsp3) is 0.231. The van der Waals surface area contributed by atoms with Gasteiger partial charge < -0.3 is 14.6 Å². The molecule has 4 rings (SSSR count). The topological polar surface area (TPSA) is 56.1 Å². The van der Waals surface area contributed by atoms with Crippen LogP contribution in [0.4, 0.5) is 0 Å². The second kappa shape index (κ2) is 10.5. The van der Waals surface area contributed by atoms with Crippen LogP contribution in [0.1, 0.15) is 28.2 Å². The average Bonchev–Trinajstić information content (AvgIpc) is 3.15. The Labute approximate surface area is 196 Å². The molecule has 0 radical (unpaired) electrons. The van der Waals surface area contributed by atoms with E-state index < -0.39 is 0 Å². The monoisotopic (exact) mass is 491 g/mol. The molecule has 0 aliphatic rings. The Bertz CT molecular complexity index is 1200. The minimum atomic E-state index is -0.0636. The second-order valence-electron chi connectivity index (χ2n) is 7.70. The van der Waals surface area contributed by atoms with E-state index >= 15 is 0 Å². The molecule has 32 heavy (non-hydrogen) atoms. The number of carbonyl (C=O) groups is 1. The number of hydrogen-bond donors (Lipinski definition) is 1. The van der Waals surface area contributed by atoms with Crippen molar-refractivity contribution in [2.75, 3.05) is 13.2 Å². The van der Waals surface area contributed by atoms with Crippen LogP contribution in [0.2, 0.25) is 0 Å². The fourth-order valence-corrected chi connectivity index (χ4v) is 4.03. The van der Waals surface area contributed by atoms with E-state index in [1.54, 1.807) is 0 Å². The third-order valence-electron chi connectivity index (χ3n) is 5.29. The number of aromatic nitrogens is 2. The highest BCUT2D eigenvalue weighted by Crippen LogP contribution is 2.18. The van der Waals surface area contributed by atoms with Crippen molar-refractivity contribution in [3.05, 3.63) is 94.2 Å². The molecule has 0 aliphatic carbocycles. The third-order valence-corrected chi connectivity index (χ3v) is 5.78. The SMILES string of the molecule is Cc1ccc(OCCn2c(CCCNC(=O)c3cccc(Br)c3)nc3ccccc32)cc1. The molecule has 0 atom stereocenters. The summed E-state index contributed by atoms with van der Waals surface area (Å²) in [6.45, 7) is 3.94. The van der Waals surface area contributed by atoms with Crippen LogP contribution in [0.15, 0.2) is 77.3 Å². The minimum Gasteiger partial charge on any atom is -0.492 e. The quantitative estimate of drug-likeness (QED) is 0.312. The van der Waals surface area contributed by atoms with E-state index in [4.69, 9.17) is 9.72 Å². The number of nitrogens with one attached hydrogen (secondary N) is 1. The summed E-state index contributed by atoms with van der Waals surface area (Å²) in [6, 6.07) is 23.7. The van der Waals surface area contributed by atoms with Crippen molar-refractivity contribution in [2.24, 2.45) is 0 Å². The van der Waals surface area contributed by atoms with Crippen molar-refractivity contribution in [1.29, 1.82) is 0 Å². The van der Waals surface area contributed by atoms with Crippen LogP contribution in [0, 0.1) is 6.92 Å². The number of amides is 1. The zero-order valence-corrected chi connectivity index (χ0v) is 19.6. The first-order valence-corrected chi connectivity index (χ1v) is 11.6. The fourth-order valence-electron chi connectivity index (χ4n) is 3.64. The van der Waals surface area contributed by atoms with Gasteiger partial charge in [0, 0.05) is 23.0 Å². The predicted octanol–water partition coefficient (Wildman–Crippen LogP) is 5.55. The summed E-state index contributed by atoms with van der Waals surface area (Å²) in [6.07, 6.45) is 1.58. The largest absolute Gasteiger partial charge is 0.492 e. The van der Waals surface area contributed by atoms with E-state index in [-0.39, 0.29) is 5.91 Å². The highest BCUT2D eigenvalue weighted by molar-refractivity contribution is 9.10. The number of nitrogens with zero attached hydrogens (tertiary/aromatic N) is 2. The summed E-state index contributed by atoms with van der Waals surface area (Å²) in [4.78, 5) is 17.2. The average molecular weight is 492 g/mol. The predicted molar refractivity (Wildman–Crippen MR) is 131 cm³/mol. The number of carbonyl (C=O) groups excluding carboxylic acids is 1. The van der Waals surface area contributed by atoms with Crippen molar-refractivity contribution < 1.29 is 9.53 Å². The number of rotatable bonds is 9. The summed E-state index contributed by atoms with van der Waals surface area (Å²) in [5.74, 6) is 1.82. The molecule has 1 N–H and O–H groups in total. The summed E-state index contributed by atoms with van der Waals surface area (Å²) < 4.78 is 9.06. The van der Waals surface area contributed by atoms with Gasteiger partial charge in [-0.15, -0.1) is 0 Å². The van der Waals surface area contributed by atoms with Crippen molar-refractivity contribution in [3.63, 3.8) is 0 Å². The number of halogens is 1. The lowest BCUT2D eigenvalue weighted by molar-refractivity contribution is 0.0953. The van der Waals surface area contributed by atoms with Crippen molar-refractivity contribution in [2.45, 2.75) is 26.3 Å². The van der Waals surface area contributed by atoms with E-state index in [9.17, 15) is 4.79 Å². The first-order chi connectivity index (χ1) is 15.6. The molecule has 0 aliphatic heterocycles. The molecule has 4 aromatic rings. The van der Waals surface area contributed by atoms with Crippen molar-refractivity contribution in [1.82, 2.24) is 14.9 Å². The Morgan fingerprint density at radius 2 is 1.88 bits per heavy atom. The van der Waals surface area contributed by atoms with E-state index in [0.29, 0.717) is 25.3 Å². The van der Waals surface area contributed by atoms with Crippen LogP contribution in [-0.4, -0.2) is 28.6 Å². The van der Waals surface area contributed by atoms with Gasteiger partial charge in [0.05, 0.1) is 17.6 Å². The van der Waals surface area contributed by atoms with Crippen LogP contribution in [0.5, 0.6) is 5.75 Å². The molecule has 164 valence electrons. The summed E-state index contributed by atoms with van der Waals surface area (Å²) in [5, 5.41) is 3.00. The van der Waals surface area contributed by atoms with Gasteiger partial charge in [0.15, 0.2) is 0 Å². The molecule has 0 bridgehead atoms. The number of fused-ring (bicyclic) bond motifs is 1. The number of imidazole rings is 1. The number of aryl methyl sites for hydroxylation is 2. The molecular weight excluding hydrogens is 466 g/mol. The van der Waals surface area contributed by atoms with E-state index in [1.165, 1.54) is 5.56 Å². The first-order valence-electron chi connectivity index (χ1n) is 10.8. The van der Waals surface area contributed by atoms with E-state index in [2.05, 4.69) is 50.9 Å². The number of para-hydroxylation sites is 2. The lowest BCUT2D eigenvalue weighted by atomic mass is 10.2. The molecule has 6 heteroatoms. The van der Waals surface area contributed by atoms with E-state index in [1.807, 2.05) is 54.6 Å². The van der Waals surface area contributed by atoms with Gasteiger partial charge in [-0.1, -0.05) is 51.8 Å². The van der Waals surface area contributed by atoms with Crippen LogP contribution in [0.25, 0.3) is 11.0 Å². The molecular formula is C26H26BrN3O2. The molecule has 0 saturated carbocycles. The lowest BCUT2D eigenvalue weighted by Crippen LogP contribution is -2.25. The van der Waals surface area contributed by atoms with E-state index in [0.717, 1.165) is 39.9 Å². The molecule has 0 fully saturated rings. The van der Waals surface area contributed by atoms with Crippen molar-refractivity contribution in [3.8, 4) is 5.75 Å². The Kier molecular flexibility index (Phi) is 7.22. The summed E-state index contributed by atoms with van der Waals surface area (Å²) in [5.41, 5.74) is 3.95. The highest BCUT2D eigenvalue weighted by atomic mass is 79.9. The zero-order valence-electron chi connectivity index (χ0n) is 18.1. The molecule has 0 saturated heterocycles. The van der Waals surface area contributed by atoms with Crippen LogP contribution >= 0.6 is 15.9 Å². The van der Waals surface area contributed by atoms with Gasteiger partial charge in [0.25, 0.3) is 5.91 Å². The number of ether oxygens (including phenoxy) is 1. The first kappa shape index (κ1) is 22.1. The van der Waals surface area contributed by atoms with Gasteiger partial charge in [-0.2, -0.15) is 0 Å². The summed E-state index contributed by atoms with van der Waals surface area (Å²) in [7, 11) is 0. The van der Waals surface area contributed by atoms with Gasteiger partial charge in [0.1, 0.15) is 18.2 Å². The third kappa shape index (κ3) is 5.56. The van der Waals surface area contributed by atoms with Gasteiger partial charge in [-0.3, -0.25) is 4.79 Å². The maximum Gasteiger partial charge on any atom is 0.251 e. The second-order valence-corrected chi connectivity index (χ2v) is 8.62. The van der Waals surface area contributed by atoms with Crippen LogP contribution < -0.4 is 10.1 Å². The van der Waals surface area contributed by atoms with Gasteiger partial charge in [-0.25, -0.2) is 4.98 Å². The van der Waals surface area contributed by atoms with Crippen molar-refractivity contribution >= 4 is 32.9 Å². The highest BCUT2D eigenvalue weighted by Gasteiger charge is 2.11. The van der Waals surface area contributed by atoms with Gasteiger partial charge in [0.2, 0.25) is 0 Å². The minimum absolute atomic E-state index is 0.0636. The maximum absolute atomic E-state index is 12.3. The zero-order chi connectivity index (χ0) is 22.3. The molecule has 1 aromatic heterocycles. The number of benzene rings is 3. The van der Waals surface area contributed by atoms with Crippen LogP contribution in [0.3, 0.4) is 0 Å². The Hall–Kier alpha value is -3.12. The molecule has 0 spiro atoms. The molecule has 1 heterocycles. The van der Waals surface area contributed by atoms with Gasteiger partial charge >= 0.3 is 0 Å². The molecule has 1 amide bonds. The molecule has 5 nitrogen and oxygen atoms in total. The molecule has 0 unspecified atom stereocenters. The normalized spacial score (nSPS) is 10.9. The van der Waals surface area contributed by atoms with Crippen LogP contribution in [-0.2, 0) is 13.0 Å². The Balaban J connectivity index is 1.36. The molecule has 3 aromatic carbocycles. The number of hydrogen-bond acceptors (Lipinski definition) is 3. The maximum atomic E-state index is 12.3. The Morgan fingerprint density at radius 3 is 2.69 bits per heavy atom. The lowest BCUT2D eigenvalue weighted by Gasteiger charge is -2.11. The summed E-state index contributed by atoms with van der Waals surface area (Å²) >= 11 is 3.40.